The summed E-state index contributed by atoms with van der Waals surface area (Å²) in [4.78, 5) is 100. The van der Waals surface area contributed by atoms with Crippen LogP contribution in [-0.4, -0.2) is 141 Å². The number of hydrogen-bond acceptors (Lipinski definition) is 17. The van der Waals surface area contributed by atoms with E-state index in [0.29, 0.717) is 32.4 Å². The van der Waals surface area contributed by atoms with Gasteiger partial charge in [-0.25, -0.2) is 9.18 Å². The van der Waals surface area contributed by atoms with Crippen LogP contribution in [0.1, 0.15) is 134 Å². The van der Waals surface area contributed by atoms with Crippen molar-refractivity contribution < 1.29 is 72.5 Å². The molecule has 6 N–H and O–H groups in total. The Hall–Kier alpha value is -6.91. The number of ether oxygens (including phenoxy) is 4. The van der Waals surface area contributed by atoms with Gasteiger partial charge in [0.15, 0.2) is 0 Å². The van der Waals surface area contributed by atoms with Gasteiger partial charge < -0.3 is 64.4 Å². The molecule has 2 saturated heterocycles. The lowest BCUT2D eigenvalue weighted by Crippen LogP contribution is -2.49. The third-order valence-corrected chi connectivity index (χ3v) is 17.4. The predicted octanol–water partition coefficient (Wildman–Crippen LogP) is 6.43. The number of aromatic carboxylic acids is 1. The van der Waals surface area contributed by atoms with Gasteiger partial charge in [0.05, 0.1) is 62.9 Å². The minimum Gasteiger partial charge on any atom is -0.507 e. The number of carboxylic acids is 1. The van der Waals surface area contributed by atoms with E-state index in [-0.39, 0.29) is 81.0 Å². The molecular formula is C59H69ClFN5O15. The van der Waals surface area contributed by atoms with Crippen molar-refractivity contribution in [3.05, 3.63) is 109 Å². The molecule has 1 aromatic heterocycles. The molecule has 0 radical (unpaired) electrons. The largest absolute Gasteiger partial charge is 0.507 e. The number of hydrogen-bond donors (Lipinski definition) is 6. The lowest BCUT2D eigenvalue weighted by atomic mass is 9.78. The number of phenols is 1. The molecule has 6 heterocycles. The fraction of sp³-hybridized carbons (Fsp3) is 0.508. The van der Waals surface area contributed by atoms with Crippen molar-refractivity contribution >= 4 is 63.4 Å². The number of aromatic hydroxyl groups is 1. The molecular weight excluding hydrogens is 1070 g/mol. The van der Waals surface area contributed by atoms with Crippen molar-refractivity contribution in [2.24, 2.45) is 23.7 Å². The number of piperidine rings is 1. The van der Waals surface area contributed by atoms with Crippen LogP contribution in [-0.2, 0) is 23.8 Å². The smallest absolute Gasteiger partial charge is 0.341 e. The van der Waals surface area contributed by atoms with Crippen molar-refractivity contribution in [1.29, 1.82) is 0 Å². The third-order valence-electron chi connectivity index (χ3n) is 17.1. The second-order valence-electron chi connectivity index (χ2n) is 22.6. The number of aliphatic hydroxyl groups is 2. The molecule has 7 aliphatic rings. The van der Waals surface area contributed by atoms with E-state index in [1.165, 1.54) is 53.2 Å². The molecule has 2 aliphatic carbocycles. The van der Waals surface area contributed by atoms with Gasteiger partial charge in [-0.3, -0.25) is 28.8 Å². The Bertz CT molecular complexity index is 3320. The highest BCUT2D eigenvalue weighted by Gasteiger charge is 2.53. The molecule has 1 amide bonds. The number of aliphatic hydroxyl groups excluding tert-OH is 2. The molecule has 3 fully saturated rings. The van der Waals surface area contributed by atoms with E-state index in [1.54, 1.807) is 54.2 Å². The second-order valence-corrected chi connectivity index (χ2v) is 23.0. The number of ketones is 3. The van der Waals surface area contributed by atoms with Gasteiger partial charge in [-0.05, 0) is 58.1 Å². The van der Waals surface area contributed by atoms with Crippen LogP contribution in [0.3, 0.4) is 0 Å². The van der Waals surface area contributed by atoms with E-state index < -0.39 is 128 Å². The number of rotatable bonds is 8. The van der Waals surface area contributed by atoms with Crippen LogP contribution < -0.4 is 25.7 Å². The summed E-state index contributed by atoms with van der Waals surface area (Å²) in [7, 11) is 1.41. The second kappa shape index (κ2) is 22.8. The van der Waals surface area contributed by atoms with E-state index in [9.17, 15) is 44.4 Å². The van der Waals surface area contributed by atoms with Crippen LogP contribution >= 0.6 is 11.6 Å². The Morgan fingerprint density at radius 3 is 2.20 bits per heavy atom. The number of methoxy groups -OCH3 is 1. The molecule has 3 aromatic rings. The normalized spacial score (nSPS) is 30.2. The average molecular weight is 1140 g/mol. The van der Waals surface area contributed by atoms with Crippen LogP contribution in [0.15, 0.2) is 64.6 Å². The Morgan fingerprint density at radius 2 is 1.56 bits per heavy atom. The van der Waals surface area contributed by atoms with Crippen LogP contribution in [0, 0.1) is 36.4 Å². The van der Waals surface area contributed by atoms with Gasteiger partial charge in [0, 0.05) is 106 Å². The number of pyridine rings is 1. The molecule has 10 rings (SSSR count). The van der Waals surface area contributed by atoms with Crippen LogP contribution in [0.2, 0.25) is 5.02 Å². The number of Topliss-reactive ketones (excluding diaryl/α,β-unsaturated/α-hetero) is 3. The highest BCUT2D eigenvalue weighted by atomic mass is 35.5. The molecule has 1 saturated carbocycles. The monoisotopic (exact) mass is 1140 g/mol. The molecule has 5 bridgehead atoms. The molecule has 0 spiro atoms. The fourth-order valence-corrected chi connectivity index (χ4v) is 12.6. The summed E-state index contributed by atoms with van der Waals surface area (Å²) >= 11 is 6.97. The standard InChI is InChI=1S/C59H69ClFN5O15/c1-26-11-10-12-27(2)57(75)63-44-47(64-19-15-33(16-20-64)62-34-17-21-65(24-34)46-38(61)23-36-45(43(46)60)66(35-13-14-35)25-37(51(36)71)58(76)77)53(73)40-41(52(44)72)50(70)31(6)55-42(40)56(74)59(8,81-55)79-22-18-39(78-9)28(3)54(80-32(7)67)30(5)49(69)29(4)48(26)68/h10-12,18,22-23,25-26,28-30,33-35,39,48-49,54,62,68-70H,13-17,19-21,24H2,1-9H3,(H,63,75)(H,76,77)/b11-10+,22-18+,27-12-/t26-,28+,29+,30+,34?,39-,48-,49+,54+,59-/m0/s1. The molecule has 1 unspecified atom stereocenters. The van der Waals surface area contributed by atoms with Gasteiger partial charge in [-0.2, -0.15) is 0 Å². The van der Waals surface area contributed by atoms with Gasteiger partial charge in [-0.1, -0.05) is 57.5 Å². The number of likely N-dealkylation sites (tertiary alicyclic amines) is 1. The molecule has 434 valence electrons. The number of nitrogens with zero attached hydrogens (tertiary/aromatic N) is 3. The number of esters is 1. The first-order valence-electron chi connectivity index (χ1n) is 27.4. The minimum atomic E-state index is -2.16. The number of nitrogens with one attached hydrogen (secondary N) is 2. The third kappa shape index (κ3) is 10.8. The zero-order chi connectivity index (χ0) is 58.8. The number of anilines is 1. The molecule has 10 atom stereocenters. The molecule has 81 heavy (non-hydrogen) atoms. The van der Waals surface area contributed by atoms with Crippen molar-refractivity contribution in [3.63, 3.8) is 0 Å². The molecule has 20 nitrogen and oxygen atoms in total. The maximum absolute atomic E-state index is 16.1. The van der Waals surface area contributed by atoms with E-state index in [1.807, 2.05) is 0 Å². The summed E-state index contributed by atoms with van der Waals surface area (Å²) in [5.41, 5.74) is -2.72. The number of fused-ring (bicyclic) bond motifs is 15. The number of aromatic nitrogens is 1. The number of benzene rings is 2. The van der Waals surface area contributed by atoms with Gasteiger partial charge in [0.1, 0.15) is 40.4 Å². The van der Waals surface area contributed by atoms with Gasteiger partial charge >= 0.3 is 17.7 Å². The summed E-state index contributed by atoms with van der Waals surface area (Å²) in [5, 5.41) is 51.0. The zero-order valence-electron chi connectivity index (χ0n) is 46.6. The molecule has 5 aliphatic heterocycles. The fourth-order valence-electron chi connectivity index (χ4n) is 12.2. The lowest BCUT2D eigenvalue weighted by molar-refractivity contribution is -0.160. The van der Waals surface area contributed by atoms with E-state index >= 15 is 14.0 Å². The first kappa shape index (κ1) is 58.7. The van der Waals surface area contributed by atoms with Gasteiger partial charge in [-0.15, -0.1) is 0 Å². The lowest BCUT2D eigenvalue weighted by Gasteiger charge is -2.38. The Morgan fingerprint density at radius 1 is 0.889 bits per heavy atom. The maximum Gasteiger partial charge on any atom is 0.341 e. The van der Waals surface area contributed by atoms with Crippen LogP contribution in [0.5, 0.6) is 11.5 Å². The average Bonchev–Trinajstić information content (AvgIpc) is 2.63. The van der Waals surface area contributed by atoms with Crippen LogP contribution in [0.4, 0.5) is 10.1 Å². The summed E-state index contributed by atoms with van der Waals surface area (Å²) < 4.78 is 41.6. The van der Waals surface area contributed by atoms with E-state index in [2.05, 4.69) is 10.6 Å². The number of phenolic OH excluding ortho intramolecular Hbond substituents is 1. The van der Waals surface area contributed by atoms with E-state index in [0.717, 1.165) is 25.2 Å². The number of carbonyl (C=O) groups excluding carboxylic acids is 5. The number of carboxylic acid groups (broad SMARTS) is 1. The molecule has 2 aromatic carbocycles. The summed E-state index contributed by atoms with van der Waals surface area (Å²) in [5.74, 6) is -11.9. The molecule has 22 heteroatoms. The number of halogens is 2. The summed E-state index contributed by atoms with van der Waals surface area (Å²) in [6.07, 6.45) is 7.37. The van der Waals surface area contributed by atoms with Gasteiger partial charge in [0.25, 0.3) is 11.7 Å². The summed E-state index contributed by atoms with van der Waals surface area (Å²) in [6.45, 7) is 13.4. The number of amides is 1. The highest BCUT2D eigenvalue weighted by Crippen LogP contribution is 2.50. The van der Waals surface area contributed by atoms with Crippen molar-refractivity contribution in [1.82, 2.24) is 20.1 Å². The first-order valence-corrected chi connectivity index (χ1v) is 27.8. The van der Waals surface area contributed by atoms with Gasteiger partial charge in [0.2, 0.25) is 17.0 Å². The zero-order valence-corrected chi connectivity index (χ0v) is 47.4. The predicted molar refractivity (Wildman–Crippen MR) is 295 cm³/mol. The quantitative estimate of drug-likeness (QED) is 0.133. The van der Waals surface area contributed by atoms with Crippen molar-refractivity contribution in [2.75, 3.05) is 38.2 Å². The Kier molecular flexibility index (Phi) is 16.5. The topological polar surface area (TPSA) is 273 Å². The van der Waals surface area contributed by atoms with Crippen molar-refractivity contribution in [3.8, 4) is 11.5 Å². The summed E-state index contributed by atoms with van der Waals surface area (Å²) in [6, 6.07) is 0.676. The highest BCUT2D eigenvalue weighted by molar-refractivity contribution is 6.38. The Balaban J connectivity index is 1.02. The maximum atomic E-state index is 16.1. The number of allylic oxidation sites excluding steroid dienone is 4. The number of carbonyl (C=O) groups is 6. The Labute approximate surface area is 472 Å². The first-order chi connectivity index (χ1) is 38.3. The SMILES string of the molecule is CO[C@H]1/C=C/O[C@@]2(C)Oc3c(C)c(O)c4c(c3C2=O)C(=O)C(N2CCC(NC3CCN(c5c(F)cc6c(=O)c(C(=O)O)cn(C7CC7)c6c5Cl)C3)CC2)=C(NC(=O)/C(C)=C\C=C\[C@H](C)[C@H](O)[C@@H](C)[C@@H](O)[C@@H](C)[C@H](OC(C)=O)[C@@H]1C)C4=O. The van der Waals surface area contributed by atoms with E-state index in [4.69, 9.17) is 30.5 Å². The minimum absolute atomic E-state index is 0.0199. The van der Waals surface area contributed by atoms with Crippen molar-refractivity contribution in [2.45, 2.75) is 136 Å². The van der Waals surface area contributed by atoms with Crippen LogP contribution in [0.25, 0.3) is 10.9 Å².